The van der Waals surface area contributed by atoms with Gasteiger partial charge < -0.3 is 25.3 Å². The molecule has 2 aliphatic heterocycles. The third-order valence-corrected chi connectivity index (χ3v) is 5.46. The molecule has 2 aromatic rings. The monoisotopic (exact) mass is 451 g/mol. The van der Waals surface area contributed by atoms with Gasteiger partial charge in [-0.25, -0.2) is 28.1 Å². The van der Waals surface area contributed by atoms with Crippen molar-refractivity contribution in [1.82, 2.24) is 9.97 Å². The van der Waals surface area contributed by atoms with Crippen LogP contribution in [0.3, 0.4) is 0 Å². The number of aliphatic imine (C=N–C) groups is 1. The first-order valence-electron chi connectivity index (χ1n) is 9.63. The minimum absolute atomic E-state index is 0.0637. The van der Waals surface area contributed by atoms with Crippen LogP contribution < -0.4 is 15.8 Å². The lowest BCUT2D eigenvalue weighted by Crippen LogP contribution is -2.50. The largest absolute Gasteiger partial charge is 0.470 e. The fraction of sp³-hybridized carbons (Fsp3) is 0.400. The zero-order chi connectivity index (χ0) is 22.9. The number of fused-ring (bicyclic) bond motifs is 1. The van der Waals surface area contributed by atoms with Crippen LogP contribution in [-0.2, 0) is 15.0 Å². The van der Waals surface area contributed by atoms with Gasteiger partial charge in [-0.3, -0.25) is 4.79 Å². The average molecular weight is 451 g/mol. The number of amidine groups is 1. The van der Waals surface area contributed by atoms with Crippen molar-refractivity contribution in [3.8, 4) is 5.88 Å². The van der Waals surface area contributed by atoms with E-state index in [1.54, 1.807) is 0 Å². The number of nitrogens with two attached hydrogens (primary N) is 1. The number of rotatable bonds is 6. The Kier molecular flexibility index (Phi) is 5.63. The summed E-state index contributed by atoms with van der Waals surface area (Å²) in [6.45, 7) is 1.64. The predicted octanol–water partition coefficient (Wildman–Crippen LogP) is 2.09. The highest BCUT2D eigenvalue weighted by Crippen LogP contribution is 2.51. The normalized spacial score (nSPS) is 24.5. The summed E-state index contributed by atoms with van der Waals surface area (Å²) in [5.74, 6) is -1.30. The molecule has 1 saturated heterocycles. The zero-order valence-corrected chi connectivity index (χ0v) is 17.0. The van der Waals surface area contributed by atoms with Crippen LogP contribution in [0, 0.1) is 11.2 Å². The maximum absolute atomic E-state index is 14.9. The van der Waals surface area contributed by atoms with E-state index in [0.717, 1.165) is 12.4 Å². The summed E-state index contributed by atoms with van der Waals surface area (Å²) in [6.07, 6.45) is -0.507. The quantitative estimate of drug-likeness (QED) is 0.690. The molecule has 4 rings (SSSR count). The summed E-state index contributed by atoms with van der Waals surface area (Å²) < 4.78 is 55.0. The van der Waals surface area contributed by atoms with Gasteiger partial charge in [0.05, 0.1) is 31.0 Å². The van der Waals surface area contributed by atoms with Crippen molar-refractivity contribution in [2.45, 2.75) is 18.9 Å². The van der Waals surface area contributed by atoms with Crippen molar-refractivity contribution in [1.29, 1.82) is 0 Å². The second kappa shape index (κ2) is 8.26. The molecule has 1 fully saturated rings. The van der Waals surface area contributed by atoms with Crippen LogP contribution in [0.2, 0.25) is 0 Å². The van der Waals surface area contributed by atoms with Gasteiger partial charge in [0.25, 0.3) is 18.4 Å². The van der Waals surface area contributed by atoms with Gasteiger partial charge in [-0.05, 0) is 18.2 Å². The minimum atomic E-state index is -2.66. The lowest BCUT2D eigenvalue weighted by atomic mass is 9.69. The molecule has 0 radical (unpaired) electrons. The first-order valence-corrected chi connectivity index (χ1v) is 9.63. The molecule has 0 saturated carbocycles. The molecule has 170 valence electrons. The molecule has 2 unspecified atom stereocenters. The molecule has 3 heterocycles. The second-order valence-electron chi connectivity index (χ2n) is 7.74. The number of carbonyl (C=O) groups excluding carboxylic acids is 1. The van der Waals surface area contributed by atoms with Crippen LogP contribution in [0.4, 0.5) is 18.9 Å². The van der Waals surface area contributed by atoms with E-state index in [1.807, 2.05) is 6.92 Å². The smallest absolute Gasteiger partial charge is 0.282 e. The molecular weight excluding hydrogens is 431 g/mol. The van der Waals surface area contributed by atoms with E-state index in [2.05, 4.69) is 20.3 Å². The van der Waals surface area contributed by atoms with Crippen LogP contribution in [0.15, 0.2) is 35.6 Å². The highest BCUT2D eigenvalue weighted by atomic mass is 19.3. The summed E-state index contributed by atoms with van der Waals surface area (Å²) in [5.41, 5.74) is 4.43. The Morgan fingerprint density at radius 1 is 1.28 bits per heavy atom. The predicted molar refractivity (Wildman–Crippen MR) is 106 cm³/mol. The third-order valence-electron chi connectivity index (χ3n) is 5.46. The topological polar surface area (TPSA) is 121 Å². The van der Waals surface area contributed by atoms with E-state index in [1.165, 1.54) is 18.2 Å². The number of amides is 1. The van der Waals surface area contributed by atoms with E-state index in [-0.39, 0.29) is 42.1 Å². The molecule has 12 heteroatoms. The number of alkyl halides is 2. The van der Waals surface area contributed by atoms with Gasteiger partial charge in [0.2, 0.25) is 5.88 Å². The van der Waals surface area contributed by atoms with E-state index in [0.29, 0.717) is 6.61 Å². The van der Waals surface area contributed by atoms with E-state index >= 15 is 0 Å². The van der Waals surface area contributed by atoms with Crippen LogP contribution >= 0.6 is 0 Å². The SMILES string of the molecule is CC12COCC1(c1cc(NC(=O)c3cnc(OCC(F)F)cn3)ccc1F)N=C(N)OC2. The van der Waals surface area contributed by atoms with Crippen LogP contribution in [-0.4, -0.2) is 54.7 Å². The Balaban J connectivity index is 1.57. The Morgan fingerprint density at radius 2 is 2.09 bits per heavy atom. The van der Waals surface area contributed by atoms with Crippen molar-refractivity contribution in [2.24, 2.45) is 16.1 Å². The number of halogens is 3. The number of hydrogen-bond acceptors (Lipinski definition) is 8. The molecular formula is C20H20F3N5O4. The van der Waals surface area contributed by atoms with Crippen LogP contribution in [0.5, 0.6) is 5.88 Å². The summed E-state index contributed by atoms with van der Waals surface area (Å²) >= 11 is 0. The van der Waals surface area contributed by atoms with Crippen LogP contribution in [0.25, 0.3) is 0 Å². The maximum Gasteiger partial charge on any atom is 0.282 e. The average Bonchev–Trinajstić information content (AvgIpc) is 3.11. The molecule has 9 nitrogen and oxygen atoms in total. The third kappa shape index (κ3) is 3.93. The molecule has 0 bridgehead atoms. The van der Waals surface area contributed by atoms with E-state index in [4.69, 9.17) is 19.9 Å². The summed E-state index contributed by atoms with van der Waals surface area (Å²) in [4.78, 5) is 24.6. The van der Waals surface area contributed by atoms with Crippen molar-refractivity contribution in [2.75, 3.05) is 31.7 Å². The molecule has 2 aliphatic rings. The van der Waals surface area contributed by atoms with Gasteiger partial charge in [0.15, 0.2) is 6.61 Å². The standard InChI is InChI=1S/C20H20F3N5O4/c1-19-8-30-10-20(19,28-18(24)32-9-19)12-4-11(2-3-13(12)21)27-17(29)14-5-26-16(6-25-14)31-7-15(22)23/h2-6,15H,7-10H2,1H3,(H2,24,28)(H,27,29). The number of hydrogen-bond donors (Lipinski definition) is 2. The fourth-order valence-corrected chi connectivity index (χ4v) is 3.73. The summed E-state index contributed by atoms with van der Waals surface area (Å²) in [7, 11) is 0. The number of anilines is 1. The maximum atomic E-state index is 14.9. The first kappa shape index (κ1) is 21.8. The second-order valence-corrected chi connectivity index (χ2v) is 7.74. The molecule has 3 N–H and O–H groups in total. The molecule has 1 aromatic carbocycles. The number of nitrogens with one attached hydrogen (secondary N) is 1. The molecule has 32 heavy (non-hydrogen) atoms. The molecule has 1 aromatic heterocycles. The number of nitrogens with zero attached hydrogens (tertiary/aromatic N) is 3. The van der Waals surface area contributed by atoms with E-state index < -0.39 is 35.7 Å². The van der Waals surface area contributed by atoms with Crippen molar-refractivity contribution >= 4 is 17.6 Å². The Hall–Kier alpha value is -3.41. The van der Waals surface area contributed by atoms with Crippen LogP contribution in [0.1, 0.15) is 23.0 Å². The highest BCUT2D eigenvalue weighted by molar-refractivity contribution is 6.02. The molecule has 2 atom stereocenters. The summed E-state index contributed by atoms with van der Waals surface area (Å²) in [6, 6.07) is 4.01. The fourth-order valence-electron chi connectivity index (χ4n) is 3.73. The number of carbonyl (C=O) groups is 1. The van der Waals surface area contributed by atoms with Crippen molar-refractivity contribution in [3.63, 3.8) is 0 Å². The number of ether oxygens (including phenoxy) is 3. The van der Waals surface area contributed by atoms with Crippen molar-refractivity contribution in [3.05, 3.63) is 47.7 Å². The number of aromatic nitrogens is 2. The Morgan fingerprint density at radius 3 is 2.81 bits per heavy atom. The Bertz CT molecular complexity index is 1050. The zero-order valence-electron chi connectivity index (χ0n) is 17.0. The van der Waals surface area contributed by atoms with Gasteiger partial charge in [-0.1, -0.05) is 6.92 Å². The Labute approximate surface area is 180 Å². The molecule has 1 amide bonds. The van der Waals surface area contributed by atoms with Gasteiger partial charge in [-0.2, -0.15) is 0 Å². The lowest BCUT2D eigenvalue weighted by molar-refractivity contribution is 0.0665. The highest BCUT2D eigenvalue weighted by Gasteiger charge is 2.58. The summed E-state index contributed by atoms with van der Waals surface area (Å²) in [5, 5.41) is 2.61. The first-order chi connectivity index (χ1) is 15.2. The molecule has 0 aliphatic carbocycles. The molecule has 0 spiro atoms. The van der Waals surface area contributed by atoms with E-state index in [9.17, 15) is 18.0 Å². The minimum Gasteiger partial charge on any atom is -0.470 e. The van der Waals surface area contributed by atoms with Gasteiger partial charge >= 0.3 is 0 Å². The van der Waals surface area contributed by atoms with Gasteiger partial charge in [0, 0.05) is 11.3 Å². The lowest BCUT2D eigenvalue weighted by Gasteiger charge is -2.42. The van der Waals surface area contributed by atoms with Crippen molar-refractivity contribution < 1.29 is 32.2 Å². The number of benzene rings is 1. The van der Waals surface area contributed by atoms with Gasteiger partial charge in [-0.15, -0.1) is 0 Å². The van der Waals surface area contributed by atoms with Gasteiger partial charge in [0.1, 0.15) is 23.7 Å².